The van der Waals surface area contributed by atoms with E-state index in [0.29, 0.717) is 0 Å². The summed E-state index contributed by atoms with van der Waals surface area (Å²) in [6, 6.07) is 23.0. The summed E-state index contributed by atoms with van der Waals surface area (Å²) in [6.07, 6.45) is 0.904. The van der Waals surface area contributed by atoms with Gasteiger partial charge in [0.05, 0.1) is 0 Å². The fourth-order valence-corrected chi connectivity index (χ4v) is 5.46. The molecule has 2 aromatic carbocycles. The van der Waals surface area contributed by atoms with Crippen LogP contribution in [0.2, 0.25) is 5.02 Å². The molecule has 3 heterocycles. The summed E-state index contributed by atoms with van der Waals surface area (Å²) in [6.45, 7) is 5.53. The molecule has 0 spiro atoms. The number of hydrogen-bond donors (Lipinski definition) is 0. The normalized spacial score (nSPS) is 16.2. The molecule has 1 aliphatic heterocycles. The van der Waals surface area contributed by atoms with Crippen molar-refractivity contribution in [2.24, 2.45) is 0 Å². The third-order valence-electron chi connectivity index (χ3n) is 6.20. The molecule has 0 bridgehead atoms. The van der Waals surface area contributed by atoms with Crippen LogP contribution in [0.15, 0.2) is 72.1 Å². The van der Waals surface area contributed by atoms with Crippen molar-refractivity contribution < 1.29 is 0 Å². The number of tetrazole rings is 1. The van der Waals surface area contributed by atoms with Crippen molar-refractivity contribution in [3.63, 3.8) is 0 Å². The minimum Gasteiger partial charge on any atom is -0.296 e. The Morgan fingerprint density at radius 3 is 2.45 bits per heavy atom. The number of rotatable bonds is 8. The Morgan fingerprint density at radius 1 is 0.909 bits per heavy atom. The third-order valence-corrected chi connectivity index (χ3v) is 7.49. The zero-order valence-electron chi connectivity index (χ0n) is 18.4. The number of benzene rings is 2. The standard InChI is InChI=1S/C25H27ClN6S/c26-22-10-5-4-9-21(22)19-30-14-16-31(17-15-30)24(23-11-6-18-33-23)25-27-28-29-32(25)13-12-20-7-2-1-3-8-20/h1-11,18,24H,12-17,19H2/t24-/m1/s1. The van der Waals surface area contributed by atoms with Crippen molar-refractivity contribution in [3.05, 3.63) is 99.0 Å². The molecule has 6 nitrogen and oxygen atoms in total. The number of thiophene rings is 1. The molecule has 2 aromatic heterocycles. The van der Waals surface area contributed by atoms with Crippen LogP contribution in [0.3, 0.4) is 0 Å². The van der Waals surface area contributed by atoms with Gasteiger partial charge in [-0.2, -0.15) is 0 Å². The lowest BCUT2D eigenvalue weighted by Crippen LogP contribution is -2.47. The highest BCUT2D eigenvalue weighted by Gasteiger charge is 2.31. The largest absolute Gasteiger partial charge is 0.296 e. The Bertz CT molecular complexity index is 1140. The van der Waals surface area contributed by atoms with Crippen LogP contribution in [0.25, 0.3) is 0 Å². The first-order valence-corrected chi connectivity index (χ1v) is 12.6. The van der Waals surface area contributed by atoms with E-state index in [1.54, 1.807) is 11.3 Å². The molecule has 5 rings (SSSR count). The molecule has 0 amide bonds. The summed E-state index contributed by atoms with van der Waals surface area (Å²) in [4.78, 5) is 6.27. The maximum atomic E-state index is 6.39. The van der Waals surface area contributed by atoms with E-state index in [9.17, 15) is 0 Å². The zero-order valence-corrected chi connectivity index (χ0v) is 20.0. The summed E-state index contributed by atoms with van der Waals surface area (Å²) in [5.74, 6) is 0.924. The summed E-state index contributed by atoms with van der Waals surface area (Å²) < 4.78 is 1.98. The van der Waals surface area contributed by atoms with Gasteiger partial charge >= 0.3 is 0 Å². The number of aryl methyl sites for hydroxylation is 2. The van der Waals surface area contributed by atoms with E-state index in [-0.39, 0.29) is 6.04 Å². The smallest absolute Gasteiger partial charge is 0.173 e. The van der Waals surface area contributed by atoms with Crippen LogP contribution >= 0.6 is 22.9 Å². The second kappa shape index (κ2) is 10.6. The lowest BCUT2D eigenvalue weighted by molar-refractivity contribution is 0.101. The van der Waals surface area contributed by atoms with Gasteiger partial charge in [-0.1, -0.05) is 66.2 Å². The zero-order chi connectivity index (χ0) is 22.5. The van der Waals surface area contributed by atoms with Crippen molar-refractivity contribution in [1.29, 1.82) is 0 Å². The van der Waals surface area contributed by atoms with Crippen molar-refractivity contribution in [2.45, 2.75) is 25.6 Å². The van der Waals surface area contributed by atoms with Crippen LogP contribution in [0, 0.1) is 0 Å². The molecule has 33 heavy (non-hydrogen) atoms. The van der Waals surface area contributed by atoms with Crippen LogP contribution in [0.4, 0.5) is 0 Å². The average Bonchev–Trinajstić information content (AvgIpc) is 3.54. The van der Waals surface area contributed by atoms with E-state index in [0.717, 1.165) is 56.5 Å². The first kappa shape index (κ1) is 22.2. The summed E-state index contributed by atoms with van der Waals surface area (Å²) in [7, 11) is 0. The maximum Gasteiger partial charge on any atom is 0.173 e. The molecule has 0 saturated carbocycles. The summed E-state index contributed by atoms with van der Waals surface area (Å²) >= 11 is 8.16. The highest BCUT2D eigenvalue weighted by Crippen LogP contribution is 2.31. The molecule has 1 atom stereocenters. The molecule has 8 heteroatoms. The number of nitrogens with zero attached hydrogens (tertiary/aromatic N) is 6. The first-order chi connectivity index (χ1) is 16.3. The third kappa shape index (κ3) is 5.33. The molecule has 0 radical (unpaired) electrons. The molecule has 0 aliphatic carbocycles. The molecule has 170 valence electrons. The molecule has 1 saturated heterocycles. The minimum atomic E-state index is 0.0678. The van der Waals surface area contributed by atoms with Gasteiger partial charge in [-0.25, -0.2) is 4.68 Å². The Labute approximate surface area is 203 Å². The van der Waals surface area contributed by atoms with Gasteiger partial charge in [0.2, 0.25) is 0 Å². The molecule has 1 aliphatic rings. The van der Waals surface area contributed by atoms with Crippen molar-refractivity contribution >= 4 is 22.9 Å². The Morgan fingerprint density at radius 2 is 1.70 bits per heavy atom. The SMILES string of the molecule is Clc1ccccc1CN1CCN([C@H](c2cccs2)c2nnnn2CCc2ccccc2)CC1. The van der Waals surface area contributed by atoms with Crippen LogP contribution in [0.1, 0.15) is 27.9 Å². The molecule has 0 unspecified atom stereocenters. The lowest BCUT2D eigenvalue weighted by atomic mass is 10.1. The highest BCUT2D eigenvalue weighted by atomic mass is 35.5. The number of aromatic nitrogens is 4. The fourth-order valence-electron chi connectivity index (χ4n) is 4.41. The van der Waals surface area contributed by atoms with Crippen LogP contribution < -0.4 is 0 Å². The second-order valence-electron chi connectivity index (χ2n) is 8.32. The van der Waals surface area contributed by atoms with Gasteiger partial charge in [0.1, 0.15) is 6.04 Å². The van der Waals surface area contributed by atoms with Crippen molar-refractivity contribution in [2.75, 3.05) is 26.2 Å². The number of halogens is 1. The van der Waals surface area contributed by atoms with Crippen LogP contribution in [-0.4, -0.2) is 56.2 Å². The minimum absolute atomic E-state index is 0.0678. The lowest BCUT2D eigenvalue weighted by Gasteiger charge is -2.38. The summed E-state index contributed by atoms with van der Waals surface area (Å²) in [5, 5.41) is 15.9. The quantitative estimate of drug-likeness (QED) is 0.372. The Hall–Kier alpha value is -2.58. The fraction of sp³-hybridized carbons (Fsp3) is 0.320. The number of hydrogen-bond acceptors (Lipinski definition) is 6. The Kier molecular flexibility index (Phi) is 7.12. The van der Waals surface area contributed by atoms with E-state index < -0.39 is 0 Å². The molecule has 1 fully saturated rings. The van der Waals surface area contributed by atoms with E-state index in [2.05, 4.69) is 79.2 Å². The van der Waals surface area contributed by atoms with E-state index >= 15 is 0 Å². The monoisotopic (exact) mass is 478 g/mol. The van der Waals surface area contributed by atoms with Crippen LogP contribution in [-0.2, 0) is 19.5 Å². The van der Waals surface area contributed by atoms with E-state index in [1.807, 2.05) is 22.9 Å². The summed E-state index contributed by atoms with van der Waals surface area (Å²) in [5.41, 5.74) is 2.48. The second-order valence-corrected chi connectivity index (χ2v) is 9.70. The first-order valence-electron chi connectivity index (χ1n) is 11.3. The Balaban J connectivity index is 1.30. The predicted octanol–water partition coefficient (Wildman–Crippen LogP) is 4.54. The van der Waals surface area contributed by atoms with E-state index in [4.69, 9.17) is 11.6 Å². The van der Waals surface area contributed by atoms with Crippen molar-refractivity contribution in [1.82, 2.24) is 30.0 Å². The molecular formula is C25H27ClN6S. The van der Waals surface area contributed by atoms with Gasteiger partial charge in [-0.05, 0) is 45.5 Å². The molecule has 4 aromatic rings. The van der Waals surface area contributed by atoms with Gasteiger partial charge in [0, 0.05) is 49.2 Å². The van der Waals surface area contributed by atoms with Gasteiger partial charge < -0.3 is 0 Å². The molecule has 0 N–H and O–H groups in total. The van der Waals surface area contributed by atoms with Gasteiger partial charge in [-0.3, -0.25) is 9.80 Å². The predicted molar refractivity (Wildman–Crippen MR) is 132 cm³/mol. The van der Waals surface area contributed by atoms with Crippen LogP contribution in [0.5, 0.6) is 0 Å². The average molecular weight is 479 g/mol. The van der Waals surface area contributed by atoms with Gasteiger partial charge in [0.15, 0.2) is 5.82 Å². The topological polar surface area (TPSA) is 50.1 Å². The van der Waals surface area contributed by atoms with Gasteiger partial charge in [0.25, 0.3) is 0 Å². The van der Waals surface area contributed by atoms with E-state index in [1.165, 1.54) is 16.0 Å². The number of piperazine rings is 1. The van der Waals surface area contributed by atoms with Gasteiger partial charge in [-0.15, -0.1) is 16.4 Å². The maximum absolute atomic E-state index is 6.39. The van der Waals surface area contributed by atoms with Crippen molar-refractivity contribution in [3.8, 4) is 0 Å². The highest BCUT2D eigenvalue weighted by molar-refractivity contribution is 7.10. The molecular weight excluding hydrogens is 452 g/mol.